The standard InChI is InChI=1S/C8H5F5OS/c9-7(10)15-6-3-1-5(2-4-6)14-8(11,12)13/h1-4,7H. The predicted molar refractivity (Wildman–Crippen MR) is 45.0 cm³/mol. The van der Waals surface area contributed by atoms with Gasteiger partial charge in [-0.25, -0.2) is 0 Å². The Kier molecular flexibility index (Phi) is 3.78. The van der Waals surface area contributed by atoms with Crippen LogP contribution in [0.5, 0.6) is 5.75 Å². The molecule has 0 N–H and O–H groups in total. The van der Waals surface area contributed by atoms with Crippen molar-refractivity contribution >= 4 is 11.8 Å². The Morgan fingerprint density at radius 3 is 2.00 bits per heavy atom. The highest BCUT2D eigenvalue weighted by Crippen LogP contribution is 2.28. The fraction of sp³-hybridized carbons (Fsp3) is 0.250. The minimum atomic E-state index is -4.77. The van der Waals surface area contributed by atoms with Crippen molar-refractivity contribution in [1.82, 2.24) is 0 Å². The molecule has 0 aromatic heterocycles. The van der Waals surface area contributed by atoms with Crippen LogP contribution < -0.4 is 4.74 Å². The first-order valence-electron chi connectivity index (χ1n) is 3.67. The highest BCUT2D eigenvalue weighted by molar-refractivity contribution is 7.99. The summed E-state index contributed by atoms with van der Waals surface area (Å²) in [5.41, 5.74) is 0. The van der Waals surface area contributed by atoms with Crippen molar-refractivity contribution in [2.75, 3.05) is 0 Å². The Hall–Kier alpha value is -0.980. The average Bonchev–Trinajstić information content (AvgIpc) is 2.05. The lowest BCUT2D eigenvalue weighted by Crippen LogP contribution is -2.16. The molecule has 0 heterocycles. The molecule has 0 fully saturated rings. The van der Waals surface area contributed by atoms with E-state index in [1.165, 1.54) is 0 Å². The zero-order valence-corrected chi connectivity index (χ0v) is 7.91. The summed E-state index contributed by atoms with van der Waals surface area (Å²) in [6.45, 7) is 0. The van der Waals surface area contributed by atoms with E-state index in [1.54, 1.807) is 0 Å². The Bertz CT molecular complexity index is 308. The number of hydrogen-bond donors (Lipinski definition) is 0. The number of alkyl halides is 5. The van der Waals surface area contributed by atoms with Crippen LogP contribution >= 0.6 is 11.8 Å². The molecule has 0 aliphatic carbocycles. The summed E-state index contributed by atoms with van der Waals surface area (Å²) in [6, 6.07) is 4.24. The molecule has 7 heteroatoms. The van der Waals surface area contributed by atoms with Gasteiger partial charge in [0, 0.05) is 4.90 Å². The molecule has 0 radical (unpaired) electrons. The van der Waals surface area contributed by atoms with Crippen molar-refractivity contribution in [2.45, 2.75) is 17.0 Å². The summed E-state index contributed by atoms with van der Waals surface area (Å²) in [5, 5.41) is 0. The first-order valence-corrected chi connectivity index (χ1v) is 4.55. The lowest BCUT2D eigenvalue weighted by atomic mass is 10.3. The summed E-state index contributed by atoms with van der Waals surface area (Å²) in [5.74, 6) is -3.03. The largest absolute Gasteiger partial charge is 0.573 e. The number of thioether (sulfide) groups is 1. The SMILES string of the molecule is FC(F)Sc1ccc(OC(F)(F)F)cc1. The van der Waals surface area contributed by atoms with Crippen molar-refractivity contribution in [3.63, 3.8) is 0 Å². The van der Waals surface area contributed by atoms with Crippen molar-refractivity contribution in [2.24, 2.45) is 0 Å². The van der Waals surface area contributed by atoms with Gasteiger partial charge in [-0.15, -0.1) is 13.2 Å². The minimum Gasteiger partial charge on any atom is -0.406 e. The number of benzene rings is 1. The van der Waals surface area contributed by atoms with E-state index in [0.717, 1.165) is 24.3 Å². The molecule has 0 saturated carbocycles. The maximum absolute atomic E-state index is 11.8. The quantitative estimate of drug-likeness (QED) is 0.589. The molecule has 0 amide bonds. The summed E-state index contributed by atoms with van der Waals surface area (Å²) >= 11 is 0.255. The van der Waals surface area contributed by atoms with Crippen LogP contribution in [0.1, 0.15) is 0 Å². The van der Waals surface area contributed by atoms with Gasteiger partial charge in [-0.05, 0) is 24.3 Å². The summed E-state index contributed by atoms with van der Waals surface area (Å²) < 4.78 is 62.4. The molecule has 0 saturated heterocycles. The summed E-state index contributed by atoms with van der Waals surface area (Å²) in [7, 11) is 0. The molecule has 0 spiro atoms. The van der Waals surface area contributed by atoms with Crippen LogP contribution in [0.2, 0.25) is 0 Å². The maximum atomic E-state index is 11.8. The van der Waals surface area contributed by atoms with Crippen molar-refractivity contribution < 1.29 is 26.7 Å². The third-order valence-electron chi connectivity index (χ3n) is 1.28. The van der Waals surface area contributed by atoms with Gasteiger partial charge in [0.1, 0.15) is 5.75 Å². The van der Waals surface area contributed by atoms with Crippen LogP contribution in [0.4, 0.5) is 22.0 Å². The monoisotopic (exact) mass is 244 g/mol. The highest BCUT2D eigenvalue weighted by Gasteiger charge is 2.30. The van der Waals surface area contributed by atoms with Gasteiger partial charge in [-0.1, -0.05) is 11.8 Å². The van der Waals surface area contributed by atoms with Gasteiger partial charge in [0.2, 0.25) is 0 Å². The van der Waals surface area contributed by atoms with E-state index >= 15 is 0 Å². The Labute approximate surface area is 86.2 Å². The van der Waals surface area contributed by atoms with Crippen LogP contribution in [0.25, 0.3) is 0 Å². The van der Waals surface area contributed by atoms with Crippen LogP contribution in [0.15, 0.2) is 29.2 Å². The molecule has 84 valence electrons. The van der Waals surface area contributed by atoms with Crippen molar-refractivity contribution in [3.05, 3.63) is 24.3 Å². The zero-order valence-electron chi connectivity index (χ0n) is 7.09. The van der Waals surface area contributed by atoms with E-state index in [9.17, 15) is 22.0 Å². The third-order valence-corrected chi connectivity index (χ3v) is 2.00. The van der Waals surface area contributed by atoms with Crippen LogP contribution in [-0.4, -0.2) is 12.1 Å². The molecule has 1 nitrogen and oxygen atoms in total. The van der Waals surface area contributed by atoms with Crippen LogP contribution in [0, 0.1) is 0 Å². The average molecular weight is 244 g/mol. The summed E-state index contributed by atoms with van der Waals surface area (Å²) in [6.07, 6.45) is -4.77. The predicted octanol–water partition coefficient (Wildman–Crippen LogP) is 3.90. The number of ether oxygens (including phenoxy) is 1. The van der Waals surface area contributed by atoms with Gasteiger partial charge in [-0.2, -0.15) is 8.78 Å². The second kappa shape index (κ2) is 4.69. The first kappa shape index (κ1) is 12.1. The molecular weight excluding hydrogens is 239 g/mol. The second-order valence-corrected chi connectivity index (χ2v) is 3.46. The van der Waals surface area contributed by atoms with Crippen molar-refractivity contribution in [1.29, 1.82) is 0 Å². The van der Waals surface area contributed by atoms with Gasteiger partial charge < -0.3 is 4.74 Å². The van der Waals surface area contributed by atoms with E-state index in [0.29, 0.717) is 0 Å². The number of hydrogen-bond acceptors (Lipinski definition) is 2. The Morgan fingerprint density at radius 1 is 1.07 bits per heavy atom. The molecule has 0 aliphatic heterocycles. The molecular formula is C8H5F5OS. The zero-order chi connectivity index (χ0) is 11.5. The minimum absolute atomic E-state index is 0.180. The van der Waals surface area contributed by atoms with E-state index in [4.69, 9.17) is 0 Å². The van der Waals surface area contributed by atoms with E-state index in [2.05, 4.69) is 4.74 Å². The molecule has 15 heavy (non-hydrogen) atoms. The van der Waals surface area contributed by atoms with Gasteiger partial charge in [0.05, 0.1) is 0 Å². The molecule has 1 aromatic carbocycles. The molecule has 1 aromatic rings. The maximum Gasteiger partial charge on any atom is 0.573 e. The molecule has 0 bridgehead atoms. The lowest BCUT2D eigenvalue weighted by molar-refractivity contribution is -0.274. The molecule has 0 atom stereocenters. The molecule has 1 rings (SSSR count). The number of halogens is 5. The lowest BCUT2D eigenvalue weighted by Gasteiger charge is -2.08. The Balaban J connectivity index is 2.64. The molecule has 0 unspecified atom stereocenters. The fourth-order valence-corrected chi connectivity index (χ4v) is 1.32. The van der Waals surface area contributed by atoms with Gasteiger partial charge >= 0.3 is 6.36 Å². The number of rotatable bonds is 3. The van der Waals surface area contributed by atoms with E-state index in [-0.39, 0.29) is 16.7 Å². The summed E-state index contributed by atoms with van der Waals surface area (Å²) in [4.78, 5) is 0.180. The molecule has 0 aliphatic rings. The Morgan fingerprint density at radius 2 is 1.60 bits per heavy atom. The van der Waals surface area contributed by atoms with Gasteiger partial charge in [0.25, 0.3) is 5.76 Å². The van der Waals surface area contributed by atoms with Crippen molar-refractivity contribution in [3.8, 4) is 5.75 Å². The fourth-order valence-electron chi connectivity index (χ4n) is 0.823. The van der Waals surface area contributed by atoms with E-state index in [1.807, 2.05) is 0 Å². The smallest absolute Gasteiger partial charge is 0.406 e. The van der Waals surface area contributed by atoms with Gasteiger partial charge in [-0.3, -0.25) is 0 Å². The van der Waals surface area contributed by atoms with Gasteiger partial charge in [0.15, 0.2) is 0 Å². The normalized spacial score (nSPS) is 11.9. The highest BCUT2D eigenvalue weighted by atomic mass is 32.2. The van der Waals surface area contributed by atoms with Crippen LogP contribution in [0.3, 0.4) is 0 Å². The third kappa shape index (κ3) is 4.87. The topological polar surface area (TPSA) is 9.23 Å². The van der Waals surface area contributed by atoms with E-state index < -0.39 is 17.9 Å². The van der Waals surface area contributed by atoms with Crippen LogP contribution in [-0.2, 0) is 0 Å². The first-order chi connectivity index (χ1) is 6.87. The second-order valence-electron chi connectivity index (χ2n) is 2.40.